The summed E-state index contributed by atoms with van der Waals surface area (Å²) in [5.41, 5.74) is 4.65. The lowest BCUT2D eigenvalue weighted by Crippen LogP contribution is -2.08. The van der Waals surface area contributed by atoms with Crippen LogP contribution in [0, 0.1) is 0 Å². The van der Waals surface area contributed by atoms with Crippen LogP contribution in [0.5, 0.6) is 0 Å². The van der Waals surface area contributed by atoms with Crippen LogP contribution in [0.15, 0.2) is 61.1 Å². The molecule has 0 amide bonds. The topological polar surface area (TPSA) is 61.9 Å². The van der Waals surface area contributed by atoms with Crippen molar-refractivity contribution < 1.29 is 9.53 Å². The lowest BCUT2D eigenvalue weighted by Gasteiger charge is -2.07. The zero-order valence-corrected chi connectivity index (χ0v) is 14.6. The van der Waals surface area contributed by atoms with Gasteiger partial charge in [0.15, 0.2) is 0 Å². The minimum atomic E-state index is -0.394. The molecule has 0 aliphatic carbocycles. The largest absolute Gasteiger partial charge is 0.464 e. The van der Waals surface area contributed by atoms with Crippen molar-refractivity contribution in [3.8, 4) is 11.4 Å². The molecule has 0 aliphatic rings. The van der Waals surface area contributed by atoms with Crippen LogP contribution < -0.4 is 0 Å². The minimum Gasteiger partial charge on any atom is -0.464 e. The van der Waals surface area contributed by atoms with E-state index in [9.17, 15) is 4.79 Å². The molecule has 0 radical (unpaired) electrons. The summed E-state index contributed by atoms with van der Waals surface area (Å²) in [5.74, 6) is 0.333. The number of fused-ring (bicyclic) bond motifs is 1. The molecule has 0 spiro atoms. The summed E-state index contributed by atoms with van der Waals surface area (Å²) in [6, 6.07) is 16.2. The molecule has 4 rings (SSSR count). The maximum atomic E-state index is 11.7. The van der Waals surface area contributed by atoms with E-state index in [0.717, 1.165) is 29.0 Å². The van der Waals surface area contributed by atoms with Gasteiger partial charge in [0, 0.05) is 19.2 Å². The van der Waals surface area contributed by atoms with E-state index >= 15 is 0 Å². The van der Waals surface area contributed by atoms with Crippen molar-refractivity contribution in [1.82, 2.24) is 19.1 Å². The number of imidazole rings is 2. The van der Waals surface area contributed by atoms with Crippen LogP contribution in [0.25, 0.3) is 22.4 Å². The summed E-state index contributed by atoms with van der Waals surface area (Å²) in [7, 11) is 3.17. The van der Waals surface area contributed by atoms with Gasteiger partial charge in [-0.3, -0.25) is 0 Å². The normalized spacial score (nSPS) is 11.0. The quantitative estimate of drug-likeness (QED) is 0.532. The van der Waals surface area contributed by atoms with Gasteiger partial charge in [-0.25, -0.2) is 14.8 Å². The second kappa shape index (κ2) is 6.48. The van der Waals surface area contributed by atoms with Gasteiger partial charge in [0.25, 0.3) is 0 Å². The van der Waals surface area contributed by atoms with Crippen LogP contribution >= 0.6 is 0 Å². The number of benzene rings is 2. The Bertz CT molecular complexity index is 1080. The first-order chi connectivity index (χ1) is 12.7. The van der Waals surface area contributed by atoms with Crippen molar-refractivity contribution in [3.05, 3.63) is 72.3 Å². The first-order valence-corrected chi connectivity index (χ1v) is 8.26. The lowest BCUT2D eigenvalue weighted by atomic mass is 10.1. The Labute approximate surface area is 150 Å². The molecule has 0 unspecified atom stereocenters. The Balaban J connectivity index is 1.59. The van der Waals surface area contributed by atoms with Crippen LogP contribution in [0.2, 0.25) is 0 Å². The van der Waals surface area contributed by atoms with Crippen molar-refractivity contribution in [2.24, 2.45) is 7.05 Å². The van der Waals surface area contributed by atoms with Crippen molar-refractivity contribution in [2.45, 2.75) is 6.54 Å². The number of esters is 1. The smallest absolute Gasteiger partial charge is 0.356 e. The third kappa shape index (κ3) is 2.75. The van der Waals surface area contributed by atoms with E-state index in [0.29, 0.717) is 5.69 Å². The number of rotatable bonds is 4. The molecule has 2 aromatic heterocycles. The highest BCUT2D eigenvalue weighted by Crippen LogP contribution is 2.21. The van der Waals surface area contributed by atoms with E-state index in [1.54, 1.807) is 11.6 Å². The number of carbonyl (C=O) groups excluding carboxylic acids is 1. The average molecular weight is 346 g/mol. The summed E-state index contributed by atoms with van der Waals surface area (Å²) in [4.78, 5) is 20.5. The highest BCUT2D eigenvalue weighted by atomic mass is 16.5. The Morgan fingerprint density at radius 2 is 1.85 bits per heavy atom. The Morgan fingerprint density at radius 1 is 1.08 bits per heavy atom. The zero-order chi connectivity index (χ0) is 18.1. The Hall–Kier alpha value is -3.41. The predicted molar refractivity (Wildman–Crippen MR) is 98.8 cm³/mol. The minimum absolute atomic E-state index is 0.394. The number of ether oxygens (including phenoxy) is 1. The number of methoxy groups -OCH3 is 1. The molecule has 2 heterocycles. The molecule has 4 aromatic rings. The van der Waals surface area contributed by atoms with Crippen LogP contribution in [0.1, 0.15) is 16.1 Å². The molecule has 2 aromatic carbocycles. The fourth-order valence-electron chi connectivity index (χ4n) is 3.06. The van der Waals surface area contributed by atoms with Crippen molar-refractivity contribution in [2.75, 3.05) is 7.11 Å². The molecule has 130 valence electrons. The van der Waals surface area contributed by atoms with Crippen molar-refractivity contribution >= 4 is 17.0 Å². The third-order valence-electron chi connectivity index (χ3n) is 4.48. The highest BCUT2D eigenvalue weighted by molar-refractivity contribution is 5.88. The van der Waals surface area contributed by atoms with Gasteiger partial charge in [-0.15, -0.1) is 0 Å². The summed E-state index contributed by atoms with van der Waals surface area (Å²) < 4.78 is 8.64. The number of para-hydroxylation sites is 2. The number of aromatic nitrogens is 4. The van der Waals surface area contributed by atoms with Gasteiger partial charge in [-0.2, -0.15) is 0 Å². The lowest BCUT2D eigenvalue weighted by molar-refractivity contribution is 0.0590. The van der Waals surface area contributed by atoms with Crippen LogP contribution in [-0.4, -0.2) is 32.2 Å². The SMILES string of the molecule is COC(=O)c1cnc(-c2ccc(Cn3cnc4ccccc43)cc2)n1C. The fraction of sp³-hybridized carbons (Fsp3) is 0.150. The van der Waals surface area contributed by atoms with Crippen molar-refractivity contribution in [3.63, 3.8) is 0 Å². The Kier molecular flexibility index (Phi) is 4.01. The maximum absolute atomic E-state index is 11.7. The molecule has 0 saturated carbocycles. The summed E-state index contributed by atoms with van der Waals surface area (Å²) in [6.45, 7) is 0.745. The van der Waals surface area contributed by atoms with Crippen LogP contribution in [0.4, 0.5) is 0 Å². The molecular weight excluding hydrogens is 328 g/mol. The van der Waals surface area contributed by atoms with Gasteiger partial charge >= 0.3 is 5.97 Å². The van der Waals surface area contributed by atoms with E-state index in [1.807, 2.05) is 36.7 Å². The third-order valence-corrected chi connectivity index (χ3v) is 4.48. The predicted octanol–water partition coefficient (Wildman–Crippen LogP) is 3.27. The van der Waals surface area contributed by atoms with Gasteiger partial charge in [-0.05, 0) is 17.7 Å². The highest BCUT2D eigenvalue weighted by Gasteiger charge is 2.15. The molecule has 0 saturated heterocycles. The molecule has 0 aliphatic heterocycles. The first-order valence-electron chi connectivity index (χ1n) is 8.26. The molecule has 6 nitrogen and oxygen atoms in total. The summed E-state index contributed by atoms with van der Waals surface area (Å²) >= 11 is 0. The van der Waals surface area contributed by atoms with Gasteiger partial charge in [0.1, 0.15) is 11.5 Å². The molecule has 0 atom stereocenters. The maximum Gasteiger partial charge on any atom is 0.356 e. The van der Waals surface area contributed by atoms with E-state index in [2.05, 4.69) is 32.7 Å². The standard InChI is InChI=1S/C20H18N4O2/c1-23-18(20(25)26-2)11-21-19(23)15-9-7-14(8-10-15)12-24-13-22-16-5-3-4-6-17(16)24/h3-11,13H,12H2,1-2H3. The monoisotopic (exact) mass is 346 g/mol. The van der Waals surface area contributed by atoms with Gasteiger partial charge in [0.05, 0.1) is 30.7 Å². The van der Waals surface area contributed by atoms with Crippen molar-refractivity contribution in [1.29, 1.82) is 0 Å². The van der Waals surface area contributed by atoms with Crippen LogP contribution in [0.3, 0.4) is 0 Å². The van der Waals surface area contributed by atoms with Gasteiger partial charge in [-0.1, -0.05) is 36.4 Å². The first kappa shape index (κ1) is 16.1. The van der Waals surface area contributed by atoms with Crippen LogP contribution in [-0.2, 0) is 18.3 Å². The van der Waals surface area contributed by atoms with Gasteiger partial charge < -0.3 is 13.9 Å². The summed E-state index contributed by atoms with van der Waals surface area (Å²) in [6.07, 6.45) is 3.40. The molecular formula is C20H18N4O2. The molecule has 0 N–H and O–H groups in total. The van der Waals surface area contributed by atoms with Gasteiger partial charge in [0.2, 0.25) is 0 Å². The van der Waals surface area contributed by atoms with E-state index in [-0.39, 0.29) is 0 Å². The average Bonchev–Trinajstić information content (AvgIpc) is 3.26. The van der Waals surface area contributed by atoms with E-state index < -0.39 is 5.97 Å². The molecule has 26 heavy (non-hydrogen) atoms. The molecule has 0 fully saturated rings. The Morgan fingerprint density at radius 3 is 2.62 bits per heavy atom. The zero-order valence-electron chi connectivity index (χ0n) is 14.6. The number of hydrogen-bond acceptors (Lipinski definition) is 4. The second-order valence-electron chi connectivity index (χ2n) is 6.08. The fourth-order valence-corrected chi connectivity index (χ4v) is 3.06. The van der Waals surface area contributed by atoms with E-state index in [1.165, 1.54) is 18.9 Å². The number of nitrogens with zero attached hydrogens (tertiary/aromatic N) is 4. The number of hydrogen-bond donors (Lipinski definition) is 0. The van der Waals surface area contributed by atoms with E-state index in [4.69, 9.17) is 4.74 Å². The molecule has 6 heteroatoms. The molecule has 0 bridgehead atoms. The number of carbonyl (C=O) groups is 1. The second-order valence-corrected chi connectivity index (χ2v) is 6.08. The summed E-state index contributed by atoms with van der Waals surface area (Å²) in [5, 5.41) is 0.